The van der Waals surface area contributed by atoms with Crippen LogP contribution < -0.4 is 10.6 Å². The van der Waals surface area contributed by atoms with Crippen LogP contribution in [0.3, 0.4) is 0 Å². The van der Waals surface area contributed by atoms with Gasteiger partial charge in [-0.15, -0.1) is 12.4 Å². The van der Waals surface area contributed by atoms with Gasteiger partial charge in [0.05, 0.1) is 29.1 Å². The summed E-state index contributed by atoms with van der Waals surface area (Å²) in [7, 11) is 0. The van der Waals surface area contributed by atoms with Crippen LogP contribution in [0.15, 0.2) is 72.9 Å². The minimum Gasteiger partial charge on any atom is -0.316 e. The SMILES string of the molecule is Cl.O=C(Nc1nn(Cc2ccccc2)c2cc(-c3ccccc3)ncc12)C1CCNC1. The van der Waals surface area contributed by atoms with Crippen LogP contribution >= 0.6 is 12.4 Å². The number of amides is 1. The summed E-state index contributed by atoms with van der Waals surface area (Å²) in [5.41, 5.74) is 4.04. The number of nitrogens with zero attached hydrogens (tertiary/aromatic N) is 3. The Hall–Kier alpha value is -3.22. The molecule has 1 saturated heterocycles. The minimum absolute atomic E-state index is 0. The normalized spacial score (nSPS) is 15.5. The highest BCUT2D eigenvalue weighted by atomic mass is 35.5. The topological polar surface area (TPSA) is 71.8 Å². The molecule has 2 N–H and O–H groups in total. The summed E-state index contributed by atoms with van der Waals surface area (Å²) < 4.78 is 1.95. The third-order valence-electron chi connectivity index (χ3n) is 5.55. The molecule has 0 spiro atoms. The van der Waals surface area contributed by atoms with Crippen molar-refractivity contribution in [2.45, 2.75) is 13.0 Å². The summed E-state index contributed by atoms with van der Waals surface area (Å²) in [6, 6.07) is 22.3. The lowest BCUT2D eigenvalue weighted by molar-refractivity contribution is -0.119. The largest absolute Gasteiger partial charge is 0.316 e. The van der Waals surface area contributed by atoms with Crippen molar-refractivity contribution in [1.29, 1.82) is 0 Å². The molecular weight excluding hydrogens is 410 g/mol. The van der Waals surface area contributed by atoms with Crippen molar-refractivity contribution in [3.05, 3.63) is 78.5 Å². The Labute approximate surface area is 187 Å². The smallest absolute Gasteiger partial charge is 0.230 e. The summed E-state index contributed by atoms with van der Waals surface area (Å²) in [5.74, 6) is 0.569. The highest BCUT2D eigenvalue weighted by Crippen LogP contribution is 2.28. The number of anilines is 1. The van der Waals surface area contributed by atoms with E-state index in [0.29, 0.717) is 18.9 Å². The molecule has 1 unspecified atom stereocenters. The van der Waals surface area contributed by atoms with Crippen molar-refractivity contribution in [3.63, 3.8) is 0 Å². The fourth-order valence-electron chi connectivity index (χ4n) is 3.90. The van der Waals surface area contributed by atoms with E-state index in [4.69, 9.17) is 5.10 Å². The van der Waals surface area contributed by atoms with Crippen LogP contribution in [0, 0.1) is 5.92 Å². The Morgan fingerprint density at radius 1 is 1.10 bits per heavy atom. The monoisotopic (exact) mass is 433 g/mol. The van der Waals surface area contributed by atoms with Crippen LogP contribution in [0.2, 0.25) is 0 Å². The molecule has 5 rings (SSSR count). The van der Waals surface area contributed by atoms with E-state index in [1.54, 1.807) is 0 Å². The maximum atomic E-state index is 12.7. The average molecular weight is 434 g/mol. The standard InChI is InChI=1S/C24H23N5O.ClH/c30-24(19-11-12-25-14-19)27-23-20-15-26-21(18-9-5-2-6-10-18)13-22(20)29(28-23)16-17-7-3-1-4-8-17;/h1-10,13,15,19,25H,11-12,14,16H2,(H,27,28,30);1H. The highest BCUT2D eigenvalue weighted by Gasteiger charge is 2.24. The Kier molecular flexibility index (Phi) is 6.30. The summed E-state index contributed by atoms with van der Waals surface area (Å²) >= 11 is 0. The fourth-order valence-corrected chi connectivity index (χ4v) is 3.90. The molecule has 0 radical (unpaired) electrons. The molecule has 31 heavy (non-hydrogen) atoms. The Morgan fingerprint density at radius 2 is 1.84 bits per heavy atom. The maximum absolute atomic E-state index is 12.7. The van der Waals surface area contributed by atoms with Crippen LogP contribution in [-0.4, -0.2) is 33.8 Å². The van der Waals surface area contributed by atoms with E-state index in [-0.39, 0.29) is 24.2 Å². The third-order valence-corrected chi connectivity index (χ3v) is 5.55. The second-order valence-electron chi connectivity index (χ2n) is 7.62. The van der Waals surface area contributed by atoms with Gasteiger partial charge in [0.1, 0.15) is 0 Å². The number of fused-ring (bicyclic) bond motifs is 1. The molecule has 2 aromatic carbocycles. The molecular formula is C24H24ClN5O. The van der Waals surface area contributed by atoms with Crippen molar-refractivity contribution in [2.24, 2.45) is 5.92 Å². The number of aromatic nitrogens is 3. The number of hydrogen-bond acceptors (Lipinski definition) is 4. The van der Waals surface area contributed by atoms with Gasteiger partial charge in [0, 0.05) is 18.3 Å². The van der Waals surface area contributed by atoms with Gasteiger partial charge in [-0.1, -0.05) is 60.7 Å². The quantitative estimate of drug-likeness (QED) is 0.496. The Morgan fingerprint density at radius 3 is 2.55 bits per heavy atom. The molecule has 0 aliphatic carbocycles. The van der Waals surface area contributed by atoms with Crippen molar-refractivity contribution >= 4 is 35.0 Å². The van der Waals surface area contributed by atoms with E-state index in [9.17, 15) is 4.79 Å². The van der Waals surface area contributed by atoms with E-state index in [2.05, 4.69) is 27.8 Å². The average Bonchev–Trinajstić information content (AvgIpc) is 3.44. The predicted octanol–water partition coefficient (Wildman–Crippen LogP) is 4.12. The molecule has 0 bridgehead atoms. The second-order valence-corrected chi connectivity index (χ2v) is 7.62. The molecule has 1 amide bonds. The summed E-state index contributed by atoms with van der Waals surface area (Å²) in [5, 5.41) is 11.9. The van der Waals surface area contributed by atoms with Crippen molar-refractivity contribution in [1.82, 2.24) is 20.1 Å². The number of benzene rings is 2. The first kappa shape index (κ1) is 21.0. The molecule has 158 valence electrons. The number of carbonyl (C=O) groups excluding carboxylic acids is 1. The molecule has 0 saturated carbocycles. The predicted molar refractivity (Wildman–Crippen MR) is 125 cm³/mol. The van der Waals surface area contributed by atoms with Gasteiger partial charge in [-0.3, -0.25) is 14.5 Å². The first-order valence-electron chi connectivity index (χ1n) is 10.3. The molecule has 1 atom stereocenters. The first-order chi connectivity index (χ1) is 14.8. The van der Waals surface area contributed by atoms with Gasteiger partial charge < -0.3 is 10.6 Å². The number of rotatable bonds is 5. The number of nitrogens with one attached hydrogen (secondary N) is 2. The molecule has 7 heteroatoms. The lowest BCUT2D eigenvalue weighted by atomic mass is 10.1. The van der Waals surface area contributed by atoms with Crippen molar-refractivity contribution < 1.29 is 4.79 Å². The molecule has 3 heterocycles. The first-order valence-corrected chi connectivity index (χ1v) is 10.3. The highest BCUT2D eigenvalue weighted by molar-refractivity contribution is 6.01. The summed E-state index contributed by atoms with van der Waals surface area (Å²) in [6.07, 6.45) is 2.67. The van der Waals surface area contributed by atoms with Crippen LogP contribution in [0.4, 0.5) is 5.82 Å². The molecule has 4 aromatic rings. The van der Waals surface area contributed by atoms with Crippen LogP contribution in [0.25, 0.3) is 22.2 Å². The van der Waals surface area contributed by atoms with Gasteiger partial charge in [0.15, 0.2) is 5.82 Å². The fraction of sp³-hybridized carbons (Fsp3) is 0.208. The number of pyridine rings is 1. The summed E-state index contributed by atoms with van der Waals surface area (Å²) in [4.78, 5) is 17.3. The number of carbonyl (C=O) groups is 1. The van der Waals surface area contributed by atoms with E-state index in [0.717, 1.165) is 40.7 Å². The van der Waals surface area contributed by atoms with Crippen LogP contribution in [0.1, 0.15) is 12.0 Å². The van der Waals surface area contributed by atoms with E-state index in [1.807, 2.05) is 65.5 Å². The molecule has 6 nitrogen and oxygen atoms in total. The van der Waals surface area contributed by atoms with Gasteiger partial charge in [0.25, 0.3) is 0 Å². The zero-order valence-corrected chi connectivity index (χ0v) is 17.8. The molecule has 1 aliphatic heterocycles. The van der Waals surface area contributed by atoms with Crippen LogP contribution in [0.5, 0.6) is 0 Å². The lowest BCUT2D eigenvalue weighted by Gasteiger charge is -2.07. The van der Waals surface area contributed by atoms with Gasteiger partial charge in [0.2, 0.25) is 5.91 Å². The van der Waals surface area contributed by atoms with Gasteiger partial charge in [-0.2, -0.15) is 5.10 Å². The zero-order valence-electron chi connectivity index (χ0n) is 17.0. The van der Waals surface area contributed by atoms with Gasteiger partial charge in [-0.05, 0) is 24.6 Å². The van der Waals surface area contributed by atoms with E-state index < -0.39 is 0 Å². The molecule has 1 aliphatic rings. The van der Waals surface area contributed by atoms with Gasteiger partial charge >= 0.3 is 0 Å². The lowest BCUT2D eigenvalue weighted by Crippen LogP contribution is -2.25. The van der Waals surface area contributed by atoms with E-state index >= 15 is 0 Å². The van der Waals surface area contributed by atoms with Gasteiger partial charge in [-0.25, -0.2) is 0 Å². The Bertz CT molecular complexity index is 1170. The van der Waals surface area contributed by atoms with E-state index in [1.165, 1.54) is 0 Å². The minimum atomic E-state index is -0.0177. The third kappa shape index (κ3) is 4.45. The Balaban J connectivity index is 0.00000231. The second kappa shape index (κ2) is 9.29. The van der Waals surface area contributed by atoms with Crippen LogP contribution in [-0.2, 0) is 11.3 Å². The van der Waals surface area contributed by atoms with Crippen molar-refractivity contribution in [3.8, 4) is 11.3 Å². The maximum Gasteiger partial charge on any atom is 0.230 e. The number of halogens is 1. The molecule has 1 fully saturated rings. The number of hydrogen-bond donors (Lipinski definition) is 2. The molecule has 2 aromatic heterocycles. The zero-order chi connectivity index (χ0) is 20.3. The van der Waals surface area contributed by atoms with Crippen molar-refractivity contribution in [2.75, 3.05) is 18.4 Å². The summed E-state index contributed by atoms with van der Waals surface area (Å²) in [6.45, 7) is 2.21.